The van der Waals surface area contributed by atoms with E-state index >= 15 is 0 Å². The third kappa shape index (κ3) is 4.28. The van der Waals surface area contributed by atoms with Crippen molar-refractivity contribution in [2.24, 2.45) is 0 Å². The minimum Gasteiger partial charge on any atom is -0.497 e. The number of carbonyl (C=O) groups is 1. The number of benzene rings is 2. The van der Waals surface area contributed by atoms with E-state index in [1.807, 2.05) is 24.3 Å². The van der Waals surface area contributed by atoms with E-state index in [1.54, 1.807) is 31.4 Å². The SMILES string of the molecule is COc1ccc(N(C(=O)CCCl)[C@H](C#N)c2ccc(Br)cc2)cc1. The smallest absolute Gasteiger partial charge is 0.229 e. The van der Waals surface area contributed by atoms with Crippen LogP contribution < -0.4 is 9.64 Å². The van der Waals surface area contributed by atoms with Gasteiger partial charge in [-0.05, 0) is 42.0 Å². The van der Waals surface area contributed by atoms with Crippen LogP contribution in [0.2, 0.25) is 0 Å². The van der Waals surface area contributed by atoms with Gasteiger partial charge in [-0.15, -0.1) is 11.6 Å². The van der Waals surface area contributed by atoms with Crippen molar-refractivity contribution in [3.8, 4) is 11.8 Å². The van der Waals surface area contributed by atoms with Gasteiger partial charge in [-0.1, -0.05) is 28.1 Å². The Balaban J connectivity index is 2.45. The minimum absolute atomic E-state index is 0.155. The number of rotatable bonds is 6. The molecule has 0 aliphatic heterocycles. The van der Waals surface area contributed by atoms with E-state index in [9.17, 15) is 10.1 Å². The lowest BCUT2D eigenvalue weighted by Gasteiger charge is -2.28. The van der Waals surface area contributed by atoms with Crippen LogP contribution in [0.15, 0.2) is 53.0 Å². The van der Waals surface area contributed by atoms with E-state index in [4.69, 9.17) is 16.3 Å². The van der Waals surface area contributed by atoms with Crippen LogP contribution in [0.3, 0.4) is 0 Å². The van der Waals surface area contributed by atoms with Crippen LogP contribution in [0.4, 0.5) is 5.69 Å². The number of nitriles is 1. The molecule has 2 aromatic carbocycles. The second kappa shape index (κ2) is 8.72. The Morgan fingerprint density at radius 2 is 1.88 bits per heavy atom. The van der Waals surface area contributed by atoms with E-state index in [2.05, 4.69) is 22.0 Å². The number of alkyl halides is 1. The first kappa shape index (κ1) is 18.3. The lowest BCUT2D eigenvalue weighted by atomic mass is 10.0. The first-order valence-corrected chi connectivity index (χ1v) is 8.60. The van der Waals surface area contributed by atoms with Gasteiger partial charge in [0.25, 0.3) is 0 Å². The van der Waals surface area contributed by atoms with Crippen molar-refractivity contribution in [1.29, 1.82) is 5.26 Å². The highest BCUT2D eigenvalue weighted by Crippen LogP contribution is 2.30. The number of hydrogen-bond donors (Lipinski definition) is 0. The van der Waals surface area contributed by atoms with Gasteiger partial charge in [-0.25, -0.2) is 0 Å². The molecule has 1 amide bonds. The van der Waals surface area contributed by atoms with Crippen molar-refractivity contribution in [2.75, 3.05) is 17.9 Å². The van der Waals surface area contributed by atoms with Crippen molar-refractivity contribution < 1.29 is 9.53 Å². The molecule has 6 heteroatoms. The number of amides is 1. The van der Waals surface area contributed by atoms with Gasteiger partial charge in [0.05, 0.1) is 13.2 Å². The third-order valence-corrected chi connectivity index (χ3v) is 4.21. The fourth-order valence-corrected chi connectivity index (χ4v) is 2.73. The summed E-state index contributed by atoms with van der Waals surface area (Å²) >= 11 is 9.11. The Kier molecular flexibility index (Phi) is 6.65. The van der Waals surface area contributed by atoms with Gasteiger partial charge in [0.1, 0.15) is 11.8 Å². The first-order valence-electron chi connectivity index (χ1n) is 7.28. The molecular weight excluding hydrogens is 392 g/mol. The molecule has 0 radical (unpaired) electrons. The molecule has 0 saturated carbocycles. The summed E-state index contributed by atoms with van der Waals surface area (Å²) in [7, 11) is 1.57. The molecule has 0 bridgehead atoms. The topological polar surface area (TPSA) is 53.3 Å². The molecule has 0 aromatic heterocycles. The lowest BCUT2D eigenvalue weighted by Crippen LogP contribution is -2.34. The molecular formula is C18H16BrClN2O2. The fourth-order valence-electron chi connectivity index (χ4n) is 2.31. The Morgan fingerprint density at radius 1 is 1.25 bits per heavy atom. The van der Waals surface area contributed by atoms with E-state index in [0.29, 0.717) is 11.4 Å². The number of nitrogens with zero attached hydrogens (tertiary/aromatic N) is 2. The number of anilines is 1. The Hall–Kier alpha value is -2.03. The third-order valence-electron chi connectivity index (χ3n) is 3.49. The summed E-state index contributed by atoms with van der Waals surface area (Å²) in [5, 5.41) is 9.69. The average molecular weight is 408 g/mol. The summed E-state index contributed by atoms with van der Waals surface area (Å²) in [6.45, 7) is 0. The van der Waals surface area contributed by atoms with Crippen molar-refractivity contribution >= 4 is 39.1 Å². The number of ether oxygens (including phenoxy) is 1. The van der Waals surface area contributed by atoms with E-state index < -0.39 is 6.04 Å². The second-order valence-corrected chi connectivity index (χ2v) is 6.28. The maximum absolute atomic E-state index is 12.6. The summed E-state index contributed by atoms with van der Waals surface area (Å²) in [5.74, 6) is 0.675. The van der Waals surface area contributed by atoms with E-state index in [1.165, 1.54) is 4.90 Å². The molecule has 24 heavy (non-hydrogen) atoms. The van der Waals surface area contributed by atoms with Gasteiger partial charge in [-0.3, -0.25) is 9.69 Å². The lowest BCUT2D eigenvalue weighted by molar-refractivity contribution is -0.118. The van der Waals surface area contributed by atoms with E-state index in [-0.39, 0.29) is 18.2 Å². The van der Waals surface area contributed by atoms with Crippen LogP contribution in [-0.4, -0.2) is 18.9 Å². The predicted octanol–water partition coefficient (Wildman–Crippen LogP) is 4.68. The first-order chi connectivity index (χ1) is 11.6. The molecule has 0 aliphatic carbocycles. The molecule has 0 N–H and O–H groups in total. The summed E-state index contributed by atoms with van der Waals surface area (Å²) < 4.78 is 6.06. The highest BCUT2D eigenvalue weighted by atomic mass is 79.9. The van der Waals surface area contributed by atoms with Crippen LogP contribution in [0.5, 0.6) is 5.75 Å². The van der Waals surface area contributed by atoms with Crippen molar-refractivity contribution in [3.63, 3.8) is 0 Å². The molecule has 1 atom stereocenters. The standard InChI is InChI=1S/C18H16BrClN2O2/c1-24-16-8-6-15(7-9-16)22(18(23)10-11-20)17(12-21)13-2-4-14(19)5-3-13/h2-9,17H,10-11H2,1H3/t17-/m1/s1. The Bertz CT molecular complexity index is 726. The molecule has 0 spiro atoms. The summed E-state index contributed by atoms with van der Waals surface area (Å²) in [5.41, 5.74) is 1.36. The molecule has 2 aromatic rings. The molecule has 0 aliphatic rings. The van der Waals surface area contributed by atoms with Gasteiger partial charge < -0.3 is 4.74 Å². The van der Waals surface area contributed by atoms with Crippen molar-refractivity contribution in [2.45, 2.75) is 12.5 Å². The van der Waals surface area contributed by atoms with Crippen LogP contribution in [0, 0.1) is 11.3 Å². The number of methoxy groups -OCH3 is 1. The van der Waals surface area contributed by atoms with E-state index in [0.717, 1.165) is 10.0 Å². The quantitative estimate of drug-likeness (QED) is 0.653. The molecule has 0 heterocycles. The van der Waals surface area contributed by atoms with Crippen LogP contribution >= 0.6 is 27.5 Å². The Morgan fingerprint density at radius 3 is 2.38 bits per heavy atom. The van der Waals surface area contributed by atoms with Crippen molar-refractivity contribution in [1.82, 2.24) is 0 Å². The van der Waals surface area contributed by atoms with Crippen molar-refractivity contribution in [3.05, 3.63) is 58.6 Å². The summed E-state index contributed by atoms with van der Waals surface area (Å²) in [4.78, 5) is 14.1. The van der Waals surface area contributed by atoms with Gasteiger partial charge in [0.2, 0.25) is 5.91 Å². The highest BCUT2D eigenvalue weighted by Gasteiger charge is 2.26. The summed E-state index contributed by atoms with van der Waals surface area (Å²) in [6.07, 6.45) is 0.155. The van der Waals surface area contributed by atoms with Crippen LogP contribution in [0.1, 0.15) is 18.0 Å². The molecule has 0 saturated heterocycles. The fraction of sp³-hybridized carbons (Fsp3) is 0.222. The van der Waals surface area contributed by atoms with Crippen LogP contribution in [0.25, 0.3) is 0 Å². The van der Waals surface area contributed by atoms with Gasteiger partial charge in [0.15, 0.2) is 0 Å². The largest absolute Gasteiger partial charge is 0.497 e. The average Bonchev–Trinajstić information content (AvgIpc) is 2.61. The molecule has 2 rings (SSSR count). The molecule has 0 fully saturated rings. The molecule has 4 nitrogen and oxygen atoms in total. The normalized spacial score (nSPS) is 11.4. The highest BCUT2D eigenvalue weighted by molar-refractivity contribution is 9.10. The number of hydrogen-bond acceptors (Lipinski definition) is 3. The number of halogens is 2. The van der Waals surface area contributed by atoms with Gasteiger partial charge >= 0.3 is 0 Å². The van der Waals surface area contributed by atoms with Crippen LogP contribution in [-0.2, 0) is 4.79 Å². The molecule has 124 valence electrons. The molecule has 0 unspecified atom stereocenters. The zero-order valence-corrected chi connectivity index (χ0v) is 15.4. The maximum atomic E-state index is 12.6. The second-order valence-electron chi connectivity index (χ2n) is 4.98. The zero-order chi connectivity index (χ0) is 17.5. The summed E-state index contributed by atoms with van der Waals surface area (Å²) in [6, 6.07) is 15.8. The zero-order valence-electron chi connectivity index (χ0n) is 13.1. The number of carbonyl (C=O) groups excluding carboxylic acids is 1. The Labute approximate surface area is 154 Å². The maximum Gasteiger partial charge on any atom is 0.229 e. The van der Waals surface area contributed by atoms with Gasteiger partial charge in [-0.2, -0.15) is 5.26 Å². The van der Waals surface area contributed by atoms with Gasteiger partial charge in [0, 0.05) is 22.5 Å². The monoisotopic (exact) mass is 406 g/mol. The minimum atomic E-state index is -0.734. The predicted molar refractivity (Wildman–Crippen MR) is 98.3 cm³/mol.